The summed E-state index contributed by atoms with van der Waals surface area (Å²) < 4.78 is 5.90. The van der Waals surface area contributed by atoms with Gasteiger partial charge in [-0.3, -0.25) is 0 Å². The van der Waals surface area contributed by atoms with Crippen LogP contribution < -0.4 is 4.74 Å². The molecule has 0 amide bonds. The Bertz CT molecular complexity index is 343. The van der Waals surface area contributed by atoms with E-state index in [1.54, 1.807) is 24.3 Å². The molecule has 0 spiro atoms. The fraction of sp³-hybridized carbons (Fsp3) is 0.571. The molecule has 3 N–H and O–H groups in total. The Kier molecular flexibility index (Phi) is 5.95. The van der Waals surface area contributed by atoms with Gasteiger partial charge in [0.2, 0.25) is 0 Å². The molecule has 0 radical (unpaired) electrons. The number of hydrogen-bond acceptors (Lipinski definition) is 4. The molecule has 0 aliphatic carbocycles. The zero-order valence-electron chi connectivity index (χ0n) is 10.8. The van der Waals surface area contributed by atoms with Crippen LogP contribution in [-0.4, -0.2) is 34.1 Å². The standard InChI is InChI=1S/C14H22O4/c1-14(7-3-9-15,8-4-10-16)18-13-6-2-5-12(17)11-13/h2,5-6,11,15-17H,3-4,7-10H2,1H3. The van der Waals surface area contributed by atoms with E-state index in [1.165, 1.54) is 0 Å². The summed E-state index contributed by atoms with van der Waals surface area (Å²) in [5, 5.41) is 27.2. The molecule has 1 aromatic carbocycles. The van der Waals surface area contributed by atoms with Crippen molar-refractivity contribution in [3.63, 3.8) is 0 Å². The van der Waals surface area contributed by atoms with E-state index in [-0.39, 0.29) is 19.0 Å². The largest absolute Gasteiger partial charge is 0.508 e. The zero-order chi connectivity index (χ0) is 13.4. The van der Waals surface area contributed by atoms with E-state index in [9.17, 15) is 5.11 Å². The van der Waals surface area contributed by atoms with Gasteiger partial charge in [-0.15, -0.1) is 0 Å². The Morgan fingerprint density at radius 1 is 1.11 bits per heavy atom. The van der Waals surface area contributed by atoms with E-state index in [0.717, 1.165) is 0 Å². The van der Waals surface area contributed by atoms with Gasteiger partial charge in [0.25, 0.3) is 0 Å². The van der Waals surface area contributed by atoms with Gasteiger partial charge >= 0.3 is 0 Å². The molecule has 0 bridgehead atoms. The fourth-order valence-corrected chi connectivity index (χ4v) is 1.96. The topological polar surface area (TPSA) is 69.9 Å². The van der Waals surface area contributed by atoms with Crippen LogP contribution in [0, 0.1) is 0 Å². The number of aliphatic hydroxyl groups is 2. The third-order valence-corrected chi connectivity index (χ3v) is 2.91. The fourth-order valence-electron chi connectivity index (χ4n) is 1.96. The monoisotopic (exact) mass is 254 g/mol. The van der Waals surface area contributed by atoms with Crippen LogP contribution in [0.3, 0.4) is 0 Å². The second-order valence-electron chi connectivity index (χ2n) is 4.70. The van der Waals surface area contributed by atoms with Crippen LogP contribution in [0.2, 0.25) is 0 Å². The number of aliphatic hydroxyl groups excluding tert-OH is 2. The summed E-state index contributed by atoms with van der Waals surface area (Å²) in [4.78, 5) is 0. The molecule has 0 heterocycles. The molecular weight excluding hydrogens is 232 g/mol. The predicted molar refractivity (Wildman–Crippen MR) is 69.8 cm³/mol. The summed E-state index contributed by atoms with van der Waals surface area (Å²) in [6, 6.07) is 6.67. The highest BCUT2D eigenvalue weighted by Gasteiger charge is 2.25. The van der Waals surface area contributed by atoms with Gasteiger partial charge in [-0.25, -0.2) is 0 Å². The normalized spacial score (nSPS) is 11.5. The molecule has 0 fully saturated rings. The van der Waals surface area contributed by atoms with Gasteiger partial charge < -0.3 is 20.1 Å². The van der Waals surface area contributed by atoms with Gasteiger partial charge in [0, 0.05) is 19.3 Å². The van der Waals surface area contributed by atoms with Crippen LogP contribution in [0.1, 0.15) is 32.6 Å². The van der Waals surface area contributed by atoms with E-state index < -0.39 is 5.60 Å². The molecule has 0 aliphatic heterocycles. The van der Waals surface area contributed by atoms with Crippen LogP contribution in [0.15, 0.2) is 24.3 Å². The van der Waals surface area contributed by atoms with Gasteiger partial charge in [-0.05, 0) is 44.7 Å². The molecule has 0 atom stereocenters. The molecule has 0 saturated carbocycles. The average molecular weight is 254 g/mol. The van der Waals surface area contributed by atoms with Crippen molar-refractivity contribution in [3.05, 3.63) is 24.3 Å². The lowest BCUT2D eigenvalue weighted by molar-refractivity contribution is 0.0541. The van der Waals surface area contributed by atoms with Crippen molar-refractivity contribution in [2.75, 3.05) is 13.2 Å². The van der Waals surface area contributed by atoms with Crippen molar-refractivity contribution < 1.29 is 20.1 Å². The molecule has 4 heteroatoms. The Labute approximate surface area is 108 Å². The average Bonchev–Trinajstić information content (AvgIpc) is 2.34. The molecule has 1 aromatic rings. The number of benzene rings is 1. The van der Waals surface area contributed by atoms with Crippen molar-refractivity contribution in [2.24, 2.45) is 0 Å². The summed E-state index contributed by atoms with van der Waals surface area (Å²) in [5.41, 5.74) is -0.431. The summed E-state index contributed by atoms with van der Waals surface area (Å²) in [5.74, 6) is 0.771. The number of rotatable bonds is 8. The minimum atomic E-state index is -0.431. The zero-order valence-corrected chi connectivity index (χ0v) is 10.8. The molecular formula is C14H22O4. The van der Waals surface area contributed by atoms with E-state index in [4.69, 9.17) is 14.9 Å². The number of aromatic hydroxyl groups is 1. The minimum Gasteiger partial charge on any atom is -0.508 e. The third-order valence-electron chi connectivity index (χ3n) is 2.91. The van der Waals surface area contributed by atoms with E-state index in [2.05, 4.69) is 0 Å². The van der Waals surface area contributed by atoms with Gasteiger partial charge in [0.1, 0.15) is 17.1 Å². The minimum absolute atomic E-state index is 0.123. The van der Waals surface area contributed by atoms with Gasteiger partial charge in [0.15, 0.2) is 0 Å². The summed E-state index contributed by atoms with van der Waals surface area (Å²) >= 11 is 0. The van der Waals surface area contributed by atoms with Gasteiger partial charge in [0.05, 0.1) is 0 Å². The van der Waals surface area contributed by atoms with Crippen molar-refractivity contribution in [1.82, 2.24) is 0 Å². The summed E-state index contributed by atoms with van der Waals surface area (Å²) in [6.45, 7) is 2.21. The lowest BCUT2D eigenvalue weighted by Gasteiger charge is -2.30. The summed E-state index contributed by atoms with van der Waals surface area (Å²) in [6.07, 6.45) is 2.72. The van der Waals surface area contributed by atoms with Crippen LogP contribution in [0.4, 0.5) is 0 Å². The molecule has 0 aromatic heterocycles. The van der Waals surface area contributed by atoms with Crippen molar-refractivity contribution >= 4 is 0 Å². The number of phenolic OH excluding ortho intramolecular Hbond substituents is 1. The maximum atomic E-state index is 9.40. The van der Waals surface area contributed by atoms with Crippen LogP contribution in [0.25, 0.3) is 0 Å². The quantitative estimate of drug-likeness (QED) is 0.664. The summed E-state index contributed by atoms with van der Waals surface area (Å²) in [7, 11) is 0. The molecule has 18 heavy (non-hydrogen) atoms. The molecule has 0 aliphatic rings. The molecule has 0 unspecified atom stereocenters. The Morgan fingerprint density at radius 3 is 2.22 bits per heavy atom. The molecule has 4 nitrogen and oxygen atoms in total. The highest BCUT2D eigenvalue weighted by atomic mass is 16.5. The highest BCUT2D eigenvalue weighted by Crippen LogP contribution is 2.28. The second-order valence-corrected chi connectivity index (χ2v) is 4.70. The van der Waals surface area contributed by atoms with E-state index in [1.807, 2.05) is 6.92 Å². The maximum Gasteiger partial charge on any atom is 0.123 e. The third kappa shape index (κ3) is 4.94. The van der Waals surface area contributed by atoms with E-state index in [0.29, 0.717) is 31.4 Å². The van der Waals surface area contributed by atoms with Gasteiger partial charge in [-0.1, -0.05) is 6.07 Å². The first-order valence-electron chi connectivity index (χ1n) is 6.29. The number of ether oxygens (including phenoxy) is 1. The first-order valence-corrected chi connectivity index (χ1v) is 6.29. The Morgan fingerprint density at radius 2 is 1.72 bits per heavy atom. The first kappa shape index (κ1) is 14.8. The lowest BCUT2D eigenvalue weighted by atomic mass is 9.94. The smallest absolute Gasteiger partial charge is 0.123 e. The Hall–Kier alpha value is -1.26. The number of phenols is 1. The number of hydrogen-bond donors (Lipinski definition) is 3. The van der Waals surface area contributed by atoms with Crippen molar-refractivity contribution in [2.45, 2.75) is 38.2 Å². The van der Waals surface area contributed by atoms with Crippen molar-refractivity contribution in [3.8, 4) is 11.5 Å². The lowest BCUT2D eigenvalue weighted by Crippen LogP contribution is -2.33. The van der Waals surface area contributed by atoms with E-state index >= 15 is 0 Å². The van der Waals surface area contributed by atoms with Crippen LogP contribution in [-0.2, 0) is 0 Å². The molecule has 0 saturated heterocycles. The SMILES string of the molecule is CC(CCCO)(CCCO)Oc1cccc(O)c1. The second kappa shape index (κ2) is 7.24. The highest BCUT2D eigenvalue weighted by molar-refractivity contribution is 5.32. The Balaban J connectivity index is 2.70. The molecule has 1 rings (SSSR count). The first-order chi connectivity index (χ1) is 8.59. The predicted octanol–water partition coefficient (Wildman–Crippen LogP) is 2.07. The maximum absolute atomic E-state index is 9.40. The van der Waals surface area contributed by atoms with Crippen LogP contribution >= 0.6 is 0 Å². The van der Waals surface area contributed by atoms with Gasteiger partial charge in [-0.2, -0.15) is 0 Å². The van der Waals surface area contributed by atoms with Crippen LogP contribution in [0.5, 0.6) is 11.5 Å². The van der Waals surface area contributed by atoms with Crippen molar-refractivity contribution in [1.29, 1.82) is 0 Å². The molecule has 102 valence electrons.